The summed E-state index contributed by atoms with van der Waals surface area (Å²) in [4.78, 5) is 26.3. The number of rotatable bonds is 4. The van der Waals surface area contributed by atoms with Gasteiger partial charge in [-0.05, 0) is 31.2 Å². The highest BCUT2D eigenvalue weighted by molar-refractivity contribution is 5.99. The fourth-order valence-electron chi connectivity index (χ4n) is 2.81. The van der Waals surface area contributed by atoms with Crippen LogP contribution >= 0.6 is 0 Å². The monoisotopic (exact) mass is 324 g/mol. The standard InChI is InChI=1S/C19H20N2O3/c1-13-6-8-14(9-7-13)19(23)20-15-10-18(22)21(12-15)16-4-3-5-17(11-16)24-2/h3-9,11,15H,10,12H2,1-2H3,(H,20,23)/t15-/m0/s1. The number of carbonyl (C=O) groups is 2. The zero-order valence-corrected chi connectivity index (χ0v) is 13.8. The number of aryl methyl sites for hydroxylation is 1. The summed E-state index contributed by atoms with van der Waals surface area (Å²) in [6, 6.07) is 14.6. The van der Waals surface area contributed by atoms with Crippen molar-refractivity contribution >= 4 is 17.5 Å². The van der Waals surface area contributed by atoms with Crippen LogP contribution in [-0.2, 0) is 4.79 Å². The van der Waals surface area contributed by atoms with Crippen molar-refractivity contribution in [3.05, 3.63) is 59.7 Å². The molecule has 5 heteroatoms. The Morgan fingerprint density at radius 1 is 1.21 bits per heavy atom. The van der Waals surface area contributed by atoms with Gasteiger partial charge in [0.25, 0.3) is 5.91 Å². The minimum absolute atomic E-state index is 0.00235. The van der Waals surface area contributed by atoms with Gasteiger partial charge >= 0.3 is 0 Å². The number of anilines is 1. The van der Waals surface area contributed by atoms with Gasteiger partial charge in [0.05, 0.1) is 13.2 Å². The zero-order valence-electron chi connectivity index (χ0n) is 13.8. The molecule has 0 aromatic heterocycles. The van der Waals surface area contributed by atoms with Crippen LogP contribution in [0.15, 0.2) is 48.5 Å². The SMILES string of the molecule is COc1cccc(N2C[C@@H](NC(=O)c3ccc(C)cc3)CC2=O)c1. The van der Waals surface area contributed by atoms with Gasteiger partial charge in [-0.2, -0.15) is 0 Å². The van der Waals surface area contributed by atoms with Crippen molar-refractivity contribution in [2.24, 2.45) is 0 Å². The summed E-state index contributed by atoms with van der Waals surface area (Å²) in [7, 11) is 1.59. The van der Waals surface area contributed by atoms with Crippen LogP contribution in [0.2, 0.25) is 0 Å². The number of hydrogen-bond donors (Lipinski definition) is 1. The predicted octanol–water partition coefficient (Wildman–Crippen LogP) is 2.54. The average molecular weight is 324 g/mol. The number of carbonyl (C=O) groups excluding carboxylic acids is 2. The van der Waals surface area contributed by atoms with Crippen molar-refractivity contribution in [3.8, 4) is 5.75 Å². The predicted molar refractivity (Wildman–Crippen MR) is 92.4 cm³/mol. The Bertz CT molecular complexity index is 755. The van der Waals surface area contributed by atoms with Gasteiger partial charge in [-0.15, -0.1) is 0 Å². The molecule has 3 rings (SSSR count). The molecule has 124 valence electrons. The maximum Gasteiger partial charge on any atom is 0.251 e. The molecule has 1 fully saturated rings. The number of methoxy groups -OCH3 is 1. The smallest absolute Gasteiger partial charge is 0.251 e. The van der Waals surface area contributed by atoms with Crippen LogP contribution < -0.4 is 15.0 Å². The maximum absolute atomic E-state index is 12.3. The van der Waals surface area contributed by atoms with E-state index in [1.165, 1.54) is 0 Å². The van der Waals surface area contributed by atoms with E-state index in [0.717, 1.165) is 11.3 Å². The maximum atomic E-state index is 12.3. The molecule has 2 aromatic carbocycles. The number of amides is 2. The van der Waals surface area contributed by atoms with Crippen molar-refractivity contribution in [3.63, 3.8) is 0 Å². The van der Waals surface area contributed by atoms with Crippen molar-refractivity contribution < 1.29 is 14.3 Å². The minimum Gasteiger partial charge on any atom is -0.497 e. The van der Waals surface area contributed by atoms with Gasteiger partial charge in [0, 0.05) is 30.3 Å². The van der Waals surface area contributed by atoms with Crippen LogP contribution in [0.1, 0.15) is 22.3 Å². The Labute approximate surface area is 141 Å². The first-order chi connectivity index (χ1) is 11.6. The van der Waals surface area contributed by atoms with Gasteiger partial charge in [0.2, 0.25) is 5.91 Å². The molecule has 0 radical (unpaired) electrons. The zero-order chi connectivity index (χ0) is 17.1. The van der Waals surface area contributed by atoms with E-state index in [1.54, 1.807) is 24.1 Å². The number of nitrogens with one attached hydrogen (secondary N) is 1. The summed E-state index contributed by atoms with van der Waals surface area (Å²) in [5, 5.41) is 2.94. The van der Waals surface area contributed by atoms with E-state index in [2.05, 4.69) is 5.32 Å². The van der Waals surface area contributed by atoms with Crippen LogP contribution in [0.25, 0.3) is 0 Å². The molecule has 2 aromatic rings. The lowest BCUT2D eigenvalue weighted by molar-refractivity contribution is -0.117. The second-order valence-electron chi connectivity index (χ2n) is 5.95. The van der Waals surface area contributed by atoms with Gasteiger partial charge in [-0.25, -0.2) is 0 Å². The summed E-state index contributed by atoms with van der Waals surface area (Å²) >= 11 is 0. The summed E-state index contributed by atoms with van der Waals surface area (Å²) in [6.07, 6.45) is 0.300. The lowest BCUT2D eigenvalue weighted by atomic mass is 10.1. The van der Waals surface area contributed by atoms with E-state index in [9.17, 15) is 9.59 Å². The molecule has 0 bridgehead atoms. The molecule has 5 nitrogen and oxygen atoms in total. The third-order valence-corrected chi connectivity index (χ3v) is 4.14. The number of ether oxygens (including phenoxy) is 1. The number of nitrogens with zero attached hydrogens (tertiary/aromatic N) is 1. The molecule has 1 heterocycles. The summed E-state index contributed by atoms with van der Waals surface area (Å²) in [5.74, 6) is 0.546. The van der Waals surface area contributed by atoms with E-state index >= 15 is 0 Å². The first kappa shape index (κ1) is 16.1. The molecular formula is C19H20N2O3. The molecule has 0 saturated carbocycles. The van der Waals surface area contributed by atoms with Crippen molar-refractivity contribution in [1.29, 1.82) is 0 Å². The molecule has 2 amide bonds. The molecule has 1 aliphatic rings. The third kappa shape index (κ3) is 3.40. The average Bonchev–Trinajstić information content (AvgIpc) is 2.95. The molecule has 1 atom stereocenters. The fraction of sp³-hybridized carbons (Fsp3) is 0.263. The second-order valence-corrected chi connectivity index (χ2v) is 5.95. The number of benzene rings is 2. The highest BCUT2D eigenvalue weighted by Gasteiger charge is 2.31. The van der Waals surface area contributed by atoms with E-state index in [4.69, 9.17) is 4.74 Å². The summed E-state index contributed by atoms with van der Waals surface area (Å²) < 4.78 is 5.20. The van der Waals surface area contributed by atoms with Crippen LogP contribution in [0.5, 0.6) is 5.75 Å². The normalized spacial score (nSPS) is 17.0. The molecule has 0 unspecified atom stereocenters. The first-order valence-electron chi connectivity index (χ1n) is 7.89. The quantitative estimate of drug-likeness (QED) is 0.940. The minimum atomic E-state index is -0.197. The van der Waals surface area contributed by atoms with Crippen molar-refractivity contribution in [2.75, 3.05) is 18.6 Å². The van der Waals surface area contributed by atoms with Crippen molar-refractivity contribution in [1.82, 2.24) is 5.32 Å². The summed E-state index contributed by atoms with van der Waals surface area (Å²) in [5.41, 5.74) is 2.49. The van der Waals surface area contributed by atoms with Crippen LogP contribution in [0.3, 0.4) is 0 Å². The second kappa shape index (κ2) is 6.74. The Morgan fingerprint density at radius 3 is 2.67 bits per heavy atom. The largest absolute Gasteiger partial charge is 0.497 e. The highest BCUT2D eigenvalue weighted by atomic mass is 16.5. The van der Waals surface area contributed by atoms with E-state index in [1.807, 2.05) is 43.3 Å². The lowest BCUT2D eigenvalue weighted by Crippen LogP contribution is -2.37. The van der Waals surface area contributed by atoms with Gasteiger partial charge in [-0.3, -0.25) is 9.59 Å². The van der Waals surface area contributed by atoms with Gasteiger partial charge in [-0.1, -0.05) is 23.8 Å². The van der Waals surface area contributed by atoms with E-state index < -0.39 is 0 Å². The van der Waals surface area contributed by atoms with Crippen LogP contribution in [-0.4, -0.2) is 31.5 Å². The lowest BCUT2D eigenvalue weighted by Gasteiger charge is -2.18. The Morgan fingerprint density at radius 2 is 1.96 bits per heavy atom. The molecule has 24 heavy (non-hydrogen) atoms. The van der Waals surface area contributed by atoms with Gasteiger partial charge in [0.15, 0.2) is 0 Å². The molecule has 0 aliphatic carbocycles. The van der Waals surface area contributed by atoms with Crippen LogP contribution in [0.4, 0.5) is 5.69 Å². The summed E-state index contributed by atoms with van der Waals surface area (Å²) in [6.45, 7) is 2.44. The molecule has 1 saturated heterocycles. The Hall–Kier alpha value is -2.82. The van der Waals surface area contributed by atoms with Crippen molar-refractivity contribution in [2.45, 2.75) is 19.4 Å². The number of hydrogen-bond acceptors (Lipinski definition) is 3. The molecular weight excluding hydrogens is 304 g/mol. The topological polar surface area (TPSA) is 58.6 Å². The third-order valence-electron chi connectivity index (χ3n) is 4.14. The van der Waals surface area contributed by atoms with Gasteiger partial charge < -0.3 is 15.0 Å². The molecule has 1 aliphatic heterocycles. The fourth-order valence-corrected chi connectivity index (χ4v) is 2.81. The molecule has 1 N–H and O–H groups in total. The highest BCUT2D eigenvalue weighted by Crippen LogP contribution is 2.25. The van der Waals surface area contributed by atoms with E-state index in [-0.39, 0.29) is 17.9 Å². The Balaban J connectivity index is 1.68. The first-order valence-corrected chi connectivity index (χ1v) is 7.89. The van der Waals surface area contributed by atoms with Gasteiger partial charge in [0.1, 0.15) is 5.75 Å². The van der Waals surface area contributed by atoms with E-state index in [0.29, 0.717) is 24.3 Å². The van der Waals surface area contributed by atoms with Crippen LogP contribution in [0, 0.1) is 6.92 Å². The Kier molecular flexibility index (Phi) is 4.51. The molecule has 0 spiro atoms.